The lowest BCUT2D eigenvalue weighted by atomic mass is 10.6. The molecule has 0 N–H and O–H groups in total. The van der Waals surface area contributed by atoms with Gasteiger partial charge in [0.1, 0.15) is 5.02 Å². The minimum absolute atomic E-state index is 0.736. The maximum absolute atomic E-state index is 12.6. The smallest absolute Gasteiger partial charge is 0.222 e. The molecule has 0 aliphatic rings. The Bertz CT molecular complexity index is 448. The van der Waals surface area contributed by atoms with E-state index in [1.165, 1.54) is 0 Å². The Morgan fingerprint density at radius 2 is 1.85 bits per heavy atom. The molecule has 8 heteroatoms. The van der Waals surface area contributed by atoms with E-state index < -0.39 is 31.9 Å². The van der Waals surface area contributed by atoms with Gasteiger partial charge in [0.15, 0.2) is 14.9 Å². The number of halogens is 3. The van der Waals surface area contributed by atoms with Gasteiger partial charge < -0.3 is 0 Å². The van der Waals surface area contributed by atoms with Crippen LogP contribution in [0.2, 0.25) is 5.02 Å². The molecule has 0 bridgehead atoms. The lowest BCUT2D eigenvalue weighted by Crippen LogP contribution is -2.07. The molecular weight excluding hydrogens is 226 g/mol. The minimum Gasteiger partial charge on any atom is -0.222 e. The normalized spacial score (nSPS) is 11.7. The van der Waals surface area contributed by atoms with Crippen molar-refractivity contribution in [3.8, 4) is 0 Å². The Labute approximate surface area is 77.5 Å². The lowest BCUT2D eigenvalue weighted by molar-refractivity contribution is 0.467. The maximum Gasteiger partial charge on any atom is 0.312 e. The Balaban J connectivity index is 3.56. The zero-order valence-electron chi connectivity index (χ0n) is 6.25. The SMILES string of the molecule is CS(=O)(=O)c1nc(F)nc(F)c1Cl. The summed E-state index contributed by atoms with van der Waals surface area (Å²) >= 11 is 5.20. The van der Waals surface area contributed by atoms with Crippen molar-refractivity contribution in [2.75, 3.05) is 6.26 Å². The fourth-order valence-corrected chi connectivity index (χ4v) is 1.78. The summed E-state index contributed by atoms with van der Waals surface area (Å²) in [5.41, 5.74) is 0. The zero-order valence-corrected chi connectivity index (χ0v) is 7.83. The average molecular weight is 229 g/mol. The predicted molar refractivity (Wildman–Crippen MR) is 40.1 cm³/mol. The fraction of sp³-hybridized carbons (Fsp3) is 0.200. The highest BCUT2D eigenvalue weighted by atomic mass is 35.5. The maximum atomic E-state index is 12.6. The Morgan fingerprint density at radius 3 is 2.31 bits per heavy atom. The van der Waals surface area contributed by atoms with Crippen LogP contribution < -0.4 is 0 Å². The largest absolute Gasteiger partial charge is 0.312 e. The van der Waals surface area contributed by atoms with Crippen LogP contribution in [0.3, 0.4) is 0 Å². The zero-order chi connectivity index (χ0) is 10.2. The molecule has 0 fully saturated rings. The molecule has 4 nitrogen and oxygen atoms in total. The summed E-state index contributed by atoms with van der Waals surface area (Å²) < 4.78 is 46.6. The van der Waals surface area contributed by atoms with Crippen molar-refractivity contribution in [1.82, 2.24) is 9.97 Å². The predicted octanol–water partition coefficient (Wildman–Crippen LogP) is 0.812. The van der Waals surface area contributed by atoms with Crippen molar-refractivity contribution < 1.29 is 17.2 Å². The van der Waals surface area contributed by atoms with Gasteiger partial charge in [0.2, 0.25) is 5.95 Å². The van der Waals surface area contributed by atoms with Gasteiger partial charge in [0.25, 0.3) is 0 Å². The second-order valence-corrected chi connectivity index (χ2v) is 4.48. The monoisotopic (exact) mass is 228 g/mol. The number of rotatable bonds is 1. The highest BCUT2D eigenvalue weighted by Gasteiger charge is 2.20. The van der Waals surface area contributed by atoms with Gasteiger partial charge in [-0.15, -0.1) is 0 Å². The molecule has 0 spiro atoms. The van der Waals surface area contributed by atoms with Gasteiger partial charge in [0, 0.05) is 6.26 Å². The van der Waals surface area contributed by atoms with Crippen LogP contribution in [0.5, 0.6) is 0 Å². The van der Waals surface area contributed by atoms with Gasteiger partial charge in [-0.25, -0.2) is 8.42 Å². The van der Waals surface area contributed by atoms with Gasteiger partial charge in [-0.1, -0.05) is 11.6 Å². The molecule has 1 rings (SSSR count). The van der Waals surface area contributed by atoms with E-state index in [1.807, 2.05) is 0 Å². The van der Waals surface area contributed by atoms with E-state index in [9.17, 15) is 17.2 Å². The third-order valence-corrected chi connectivity index (χ3v) is 2.55. The number of hydrogen-bond donors (Lipinski definition) is 0. The van der Waals surface area contributed by atoms with E-state index >= 15 is 0 Å². The van der Waals surface area contributed by atoms with Crippen molar-refractivity contribution in [3.05, 3.63) is 17.0 Å². The van der Waals surface area contributed by atoms with E-state index in [1.54, 1.807) is 0 Å². The molecule has 0 atom stereocenters. The summed E-state index contributed by atoms with van der Waals surface area (Å²) in [5.74, 6) is -1.39. The third kappa shape index (κ3) is 2.10. The molecule has 0 aliphatic heterocycles. The second-order valence-electron chi connectivity index (χ2n) is 2.17. The van der Waals surface area contributed by atoms with Gasteiger partial charge in [-0.05, 0) is 0 Å². The molecule has 0 unspecified atom stereocenters. The Morgan fingerprint density at radius 1 is 1.31 bits per heavy atom. The first-order valence-electron chi connectivity index (χ1n) is 2.91. The molecule has 0 radical (unpaired) electrons. The van der Waals surface area contributed by atoms with Gasteiger partial charge in [-0.2, -0.15) is 18.7 Å². The van der Waals surface area contributed by atoms with Crippen LogP contribution in [-0.4, -0.2) is 24.6 Å². The van der Waals surface area contributed by atoms with Crippen LogP contribution in [0.15, 0.2) is 5.03 Å². The van der Waals surface area contributed by atoms with E-state index in [-0.39, 0.29) is 0 Å². The highest BCUT2D eigenvalue weighted by Crippen LogP contribution is 2.20. The molecule has 1 aromatic heterocycles. The van der Waals surface area contributed by atoms with Crippen LogP contribution in [0, 0.1) is 12.0 Å². The van der Waals surface area contributed by atoms with E-state index in [4.69, 9.17) is 11.6 Å². The summed E-state index contributed by atoms with van der Waals surface area (Å²) in [5, 5.41) is -1.65. The Kier molecular flexibility index (Phi) is 2.49. The molecule has 1 heterocycles. The highest BCUT2D eigenvalue weighted by molar-refractivity contribution is 7.90. The molecular formula is C5H3ClF2N2O2S. The van der Waals surface area contributed by atoms with Gasteiger partial charge in [0.05, 0.1) is 0 Å². The standard InChI is InChI=1S/C5H3ClF2N2O2S/c1-13(11,12)4-2(6)3(7)9-5(8)10-4/h1H3. The Hall–Kier alpha value is -0.820. The van der Waals surface area contributed by atoms with Crippen molar-refractivity contribution in [2.24, 2.45) is 0 Å². The molecule has 13 heavy (non-hydrogen) atoms. The van der Waals surface area contributed by atoms with E-state index in [0.717, 1.165) is 6.26 Å². The molecule has 0 saturated carbocycles. The molecule has 0 saturated heterocycles. The van der Waals surface area contributed by atoms with Crippen LogP contribution in [0.25, 0.3) is 0 Å². The first-order valence-corrected chi connectivity index (χ1v) is 5.18. The van der Waals surface area contributed by atoms with Crippen molar-refractivity contribution in [1.29, 1.82) is 0 Å². The molecule has 0 aliphatic carbocycles. The van der Waals surface area contributed by atoms with Crippen LogP contribution in [0.1, 0.15) is 0 Å². The second kappa shape index (κ2) is 3.15. The molecule has 0 aromatic carbocycles. The third-order valence-electron chi connectivity index (χ3n) is 1.10. The van der Waals surface area contributed by atoms with Crippen LogP contribution in [0.4, 0.5) is 8.78 Å². The molecule has 0 amide bonds. The van der Waals surface area contributed by atoms with Gasteiger partial charge in [-0.3, -0.25) is 0 Å². The summed E-state index contributed by atoms with van der Waals surface area (Å²) in [4.78, 5) is 5.47. The fourth-order valence-electron chi connectivity index (χ4n) is 0.622. The number of aromatic nitrogens is 2. The molecule has 1 aromatic rings. The topological polar surface area (TPSA) is 59.9 Å². The average Bonchev–Trinajstić information content (AvgIpc) is 1.94. The van der Waals surface area contributed by atoms with Gasteiger partial charge >= 0.3 is 6.08 Å². The number of sulfone groups is 1. The first-order chi connectivity index (χ1) is 5.82. The first kappa shape index (κ1) is 10.3. The van der Waals surface area contributed by atoms with Crippen molar-refractivity contribution in [3.63, 3.8) is 0 Å². The summed E-state index contributed by atoms with van der Waals surface area (Å²) in [6, 6.07) is 0. The van der Waals surface area contributed by atoms with Crippen LogP contribution in [-0.2, 0) is 9.84 Å². The minimum atomic E-state index is -3.84. The van der Waals surface area contributed by atoms with E-state index in [0.29, 0.717) is 0 Å². The molecule has 72 valence electrons. The number of hydrogen-bond acceptors (Lipinski definition) is 4. The summed E-state index contributed by atoms with van der Waals surface area (Å²) in [7, 11) is -3.84. The lowest BCUT2D eigenvalue weighted by Gasteiger charge is -2.00. The summed E-state index contributed by atoms with van der Waals surface area (Å²) in [6.45, 7) is 0. The van der Waals surface area contributed by atoms with Crippen LogP contribution >= 0.6 is 11.6 Å². The van der Waals surface area contributed by atoms with Crippen molar-refractivity contribution in [2.45, 2.75) is 5.03 Å². The van der Waals surface area contributed by atoms with Crippen molar-refractivity contribution >= 4 is 21.4 Å². The quantitative estimate of drug-likeness (QED) is 0.527. The number of nitrogens with zero attached hydrogens (tertiary/aromatic N) is 2. The van der Waals surface area contributed by atoms with E-state index in [2.05, 4.69) is 9.97 Å². The summed E-state index contributed by atoms with van der Waals surface area (Å²) in [6.07, 6.45) is -0.734.